The summed E-state index contributed by atoms with van der Waals surface area (Å²) in [5, 5.41) is 0.463. The quantitative estimate of drug-likeness (QED) is 0.555. The third-order valence-electron chi connectivity index (χ3n) is 5.71. The second kappa shape index (κ2) is 8.12. The van der Waals surface area contributed by atoms with Crippen LogP contribution in [0.2, 0.25) is 0 Å². The molecule has 4 heterocycles. The van der Waals surface area contributed by atoms with Crippen LogP contribution < -0.4 is 4.90 Å². The number of halogens is 3. The summed E-state index contributed by atoms with van der Waals surface area (Å²) >= 11 is 1.05. The van der Waals surface area contributed by atoms with Crippen LogP contribution >= 0.6 is 11.5 Å². The standard InChI is InChI=1S/C22H21F3N6O2S/c1-21(2)13-7-15(27-10-16(13)31(5)20(21)33)18-28-17(34-29-18)8-14-12(19(32)30(3)4)6-11(9-26-14)22(23,24)25/h6-7,9-10H,8H2,1-5H3. The van der Waals surface area contributed by atoms with E-state index in [1.807, 2.05) is 13.8 Å². The van der Waals surface area contributed by atoms with E-state index in [1.54, 1.807) is 24.2 Å². The van der Waals surface area contributed by atoms with Gasteiger partial charge in [0.1, 0.15) is 10.7 Å². The molecule has 2 amide bonds. The molecule has 0 unspecified atom stereocenters. The Balaban J connectivity index is 1.67. The van der Waals surface area contributed by atoms with Crippen molar-refractivity contribution in [2.24, 2.45) is 0 Å². The van der Waals surface area contributed by atoms with Crippen molar-refractivity contribution in [1.82, 2.24) is 24.2 Å². The molecule has 0 N–H and O–H groups in total. The maximum Gasteiger partial charge on any atom is 0.417 e. The minimum absolute atomic E-state index is 0.0301. The van der Waals surface area contributed by atoms with Crippen molar-refractivity contribution >= 4 is 29.0 Å². The molecular weight excluding hydrogens is 469 g/mol. The van der Waals surface area contributed by atoms with E-state index in [4.69, 9.17) is 0 Å². The number of fused-ring (bicyclic) bond motifs is 1. The molecule has 0 bridgehead atoms. The summed E-state index contributed by atoms with van der Waals surface area (Å²) in [6, 6.07) is 2.59. The monoisotopic (exact) mass is 490 g/mol. The second-order valence-corrected chi connectivity index (χ2v) is 9.52. The number of nitrogens with zero attached hydrogens (tertiary/aromatic N) is 6. The topological polar surface area (TPSA) is 92.2 Å². The number of alkyl halides is 3. The van der Waals surface area contributed by atoms with Gasteiger partial charge >= 0.3 is 6.18 Å². The van der Waals surface area contributed by atoms with Crippen molar-refractivity contribution in [2.75, 3.05) is 26.0 Å². The van der Waals surface area contributed by atoms with E-state index in [1.165, 1.54) is 19.0 Å². The van der Waals surface area contributed by atoms with Crippen LogP contribution in [-0.4, -0.2) is 57.2 Å². The van der Waals surface area contributed by atoms with Gasteiger partial charge in [-0.15, -0.1) is 0 Å². The van der Waals surface area contributed by atoms with Gasteiger partial charge in [-0.25, -0.2) is 4.98 Å². The van der Waals surface area contributed by atoms with Gasteiger partial charge in [0.05, 0.1) is 34.1 Å². The summed E-state index contributed by atoms with van der Waals surface area (Å²) in [7, 11) is 4.61. The molecule has 3 aromatic rings. The van der Waals surface area contributed by atoms with Crippen LogP contribution in [0.5, 0.6) is 0 Å². The van der Waals surface area contributed by atoms with Gasteiger partial charge in [0.15, 0.2) is 5.82 Å². The van der Waals surface area contributed by atoms with Crippen molar-refractivity contribution in [1.29, 1.82) is 0 Å². The molecule has 0 saturated heterocycles. The number of hydrogen-bond donors (Lipinski definition) is 0. The highest BCUT2D eigenvalue weighted by molar-refractivity contribution is 7.05. The largest absolute Gasteiger partial charge is 0.417 e. The fourth-order valence-electron chi connectivity index (χ4n) is 3.77. The Hall–Kier alpha value is -3.41. The van der Waals surface area contributed by atoms with E-state index in [0.717, 1.165) is 28.8 Å². The summed E-state index contributed by atoms with van der Waals surface area (Å²) in [6.07, 6.45) is -2.28. The van der Waals surface area contributed by atoms with Gasteiger partial charge in [0.2, 0.25) is 5.91 Å². The average Bonchev–Trinajstić information content (AvgIpc) is 3.30. The summed E-state index contributed by atoms with van der Waals surface area (Å²) in [4.78, 5) is 40.6. The van der Waals surface area contributed by atoms with Crippen LogP contribution in [0.3, 0.4) is 0 Å². The van der Waals surface area contributed by atoms with Crippen LogP contribution in [0.25, 0.3) is 11.5 Å². The van der Waals surface area contributed by atoms with Gasteiger partial charge in [0, 0.05) is 33.8 Å². The van der Waals surface area contributed by atoms with E-state index in [0.29, 0.717) is 22.7 Å². The molecular formula is C22H21F3N6O2S. The SMILES string of the molecule is CN(C)C(=O)c1cc(C(F)(F)F)cnc1Cc1nc(-c2cc3c(cn2)N(C)C(=O)C3(C)C)ns1. The third-order valence-corrected chi connectivity index (χ3v) is 6.42. The first-order valence-corrected chi connectivity index (χ1v) is 11.0. The molecule has 0 radical (unpaired) electrons. The fraction of sp³-hybridized carbons (Fsp3) is 0.364. The van der Waals surface area contributed by atoms with Crippen molar-refractivity contribution in [3.8, 4) is 11.5 Å². The van der Waals surface area contributed by atoms with Crippen LogP contribution in [0.1, 0.15) is 46.0 Å². The highest BCUT2D eigenvalue weighted by atomic mass is 32.1. The van der Waals surface area contributed by atoms with Gasteiger partial charge in [-0.2, -0.15) is 17.5 Å². The summed E-state index contributed by atoms with van der Waals surface area (Å²) in [6.45, 7) is 3.67. The van der Waals surface area contributed by atoms with Crippen molar-refractivity contribution < 1.29 is 22.8 Å². The molecule has 0 aliphatic carbocycles. The molecule has 0 spiro atoms. The lowest BCUT2D eigenvalue weighted by atomic mass is 9.86. The predicted molar refractivity (Wildman–Crippen MR) is 120 cm³/mol. The molecule has 8 nitrogen and oxygen atoms in total. The molecule has 3 aromatic heterocycles. The number of carbonyl (C=O) groups excluding carboxylic acids is 2. The van der Waals surface area contributed by atoms with E-state index in [-0.39, 0.29) is 23.6 Å². The predicted octanol–water partition coefficient (Wildman–Crippen LogP) is 3.56. The number of likely N-dealkylation sites (N-methyl/N-ethyl adjacent to an activating group) is 1. The summed E-state index contributed by atoms with van der Waals surface area (Å²) < 4.78 is 43.8. The molecule has 0 atom stereocenters. The molecule has 0 aromatic carbocycles. The molecule has 1 aliphatic heterocycles. The van der Waals surface area contributed by atoms with Gasteiger partial charge in [-0.1, -0.05) is 0 Å². The molecule has 0 fully saturated rings. The normalized spacial score (nSPS) is 14.9. The molecule has 0 saturated carbocycles. The van der Waals surface area contributed by atoms with Crippen molar-refractivity contribution in [3.63, 3.8) is 0 Å². The number of hydrogen-bond acceptors (Lipinski definition) is 7. The smallest absolute Gasteiger partial charge is 0.345 e. The molecule has 4 rings (SSSR count). The minimum atomic E-state index is -4.62. The summed E-state index contributed by atoms with van der Waals surface area (Å²) in [5.74, 6) is -0.303. The van der Waals surface area contributed by atoms with Gasteiger partial charge in [0.25, 0.3) is 5.91 Å². The molecule has 1 aliphatic rings. The Morgan fingerprint density at radius 1 is 1.18 bits per heavy atom. The van der Waals surface area contributed by atoms with Crippen molar-refractivity contribution in [2.45, 2.75) is 31.9 Å². The zero-order valence-electron chi connectivity index (χ0n) is 19.1. The Bertz CT molecular complexity index is 1300. The first-order chi connectivity index (χ1) is 15.8. The Morgan fingerprint density at radius 2 is 1.88 bits per heavy atom. The van der Waals surface area contributed by atoms with Gasteiger partial charge in [-0.05, 0) is 43.1 Å². The van der Waals surface area contributed by atoms with Crippen LogP contribution in [0.4, 0.5) is 18.9 Å². The molecule has 178 valence electrons. The van der Waals surface area contributed by atoms with Crippen LogP contribution in [0, 0.1) is 0 Å². The number of aromatic nitrogens is 4. The maximum atomic E-state index is 13.2. The van der Waals surface area contributed by atoms with E-state index in [9.17, 15) is 22.8 Å². The van der Waals surface area contributed by atoms with E-state index in [2.05, 4.69) is 19.3 Å². The molecule has 12 heteroatoms. The third kappa shape index (κ3) is 4.02. The summed E-state index contributed by atoms with van der Waals surface area (Å²) in [5.41, 5.74) is 0.317. The number of amides is 2. The lowest BCUT2D eigenvalue weighted by Gasteiger charge is -2.16. The van der Waals surface area contributed by atoms with Crippen LogP contribution in [0.15, 0.2) is 24.5 Å². The van der Waals surface area contributed by atoms with Gasteiger partial charge < -0.3 is 9.80 Å². The number of rotatable bonds is 4. The van der Waals surface area contributed by atoms with Crippen molar-refractivity contribution in [3.05, 3.63) is 51.9 Å². The molecule has 34 heavy (non-hydrogen) atoms. The lowest BCUT2D eigenvalue weighted by molar-refractivity contribution is -0.137. The lowest BCUT2D eigenvalue weighted by Crippen LogP contribution is -2.33. The number of pyridine rings is 2. The zero-order chi connectivity index (χ0) is 25.0. The Kier molecular flexibility index (Phi) is 5.67. The fourth-order valence-corrected chi connectivity index (χ4v) is 4.43. The Labute approximate surface area is 197 Å². The van der Waals surface area contributed by atoms with Crippen LogP contribution in [-0.2, 0) is 22.8 Å². The highest BCUT2D eigenvalue weighted by Gasteiger charge is 2.42. The number of anilines is 1. The first kappa shape index (κ1) is 23.7. The van der Waals surface area contributed by atoms with E-state index >= 15 is 0 Å². The average molecular weight is 491 g/mol. The Morgan fingerprint density at radius 3 is 2.53 bits per heavy atom. The number of carbonyl (C=O) groups is 2. The van der Waals surface area contributed by atoms with Gasteiger partial charge in [-0.3, -0.25) is 19.6 Å². The first-order valence-electron chi connectivity index (χ1n) is 10.2. The maximum absolute atomic E-state index is 13.2. The second-order valence-electron chi connectivity index (χ2n) is 8.68. The minimum Gasteiger partial charge on any atom is -0.345 e. The van der Waals surface area contributed by atoms with E-state index < -0.39 is 23.1 Å². The highest BCUT2D eigenvalue weighted by Crippen LogP contribution is 2.41. The zero-order valence-corrected chi connectivity index (χ0v) is 19.9.